The molecule has 27 heavy (non-hydrogen) atoms. The molecule has 142 valence electrons. The van der Waals surface area contributed by atoms with Crippen molar-refractivity contribution in [2.24, 2.45) is 0 Å². The van der Waals surface area contributed by atoms with Crippen LogP contribution in [0.2, 0.25) is 0 Å². The average Bonchev–Trinajstić information content (AvgIpc) is 3.12. The molecule has 0 bridgehead atoms. The maximum absolute atomic E-state index is 13.0. The number of nitrogens with one attached hydrogen (secondary N) is 1. The number of anilines is 1. The van der Waals surface area contributed by atoms with Crippen LogP contribution >= 0.6 is 0 Å². The van der Waals surface area contributed by atoms with E-state index in [4.69, 9.17) is 0 Å². The smallest absolute Gasteiger partial charge is 0.373 e. The fourth-order valence-corrected chi connectivity index (χ4v) is 2.79. The van der Waals surface area contributed by atoms with Gasteiger partial charge in [0.05, 0.1) is 16.8 Å². The Morgan fingerprint density at radius 2 is 1.78 bits per heavy atom. The van der Waals surface area contributed by atoms with Crippen LogP contribution in [0.15, 0.2) is 48.5 Å². The molecule has 0 unspecified atom stereocenters. The van der Waals surface area contributed by atoms with E-state index in [0.29, 0.717) is 17.9 Å². The topological polar surface area (TPSA) is 55.6 Å². The van der Waals surface area contributed by atoms with Gasteiger partial charge in [-0.1, -0.05) is 30.7 Å². The standard InChI is InChI=1S/C19H20F3N5/c1-4-18(3,23-15-7-5-6-14(12-15)19(20,21)22)17-24-25-26-27(17)16-10-8-13(2)9-11-16/h5-12,23H,4H2,1-3H3/t18-/m0/s1. The average molecular weight is 375 g/mol. The summed E-state index contributed by atoms with van der Waals surface area (Å²) in [5.41, 5.74) is 0.773. The van der Waals surface area contributed by atoms with Gasteiger partial charge in [-0.15, -0.1) is 5.10 Å². The summed E-state index contributed by atoms with van der Waals surface area (Å²) < 4.78 is 40.6. The van der Waals surface area contributed by atoms with Crippen molar-refractivity contribution >= 4 is 5.69 Å². The van der Waals surface area contributed by atoms with Gasteiger partial charge in [0.15, 0.2) is 5.82 Å². The predicted molar refractivity (Wildman–Crippen MR) is 96.6 cm³/mol. The fraction of sp³-hybridized carbons (Fsp3) is 0.316. The summed E-state index contributed by atoms with van der Waals surface area (Å²) in [5.74, 6) is 0.520. The molecule has 0 aliphatic rings. The number of hydrogen-bond acceptors (Lipinski definition) is 4. The van der Waals surface area contributed by atoms with E-state index in [0.717, 1.165) is 23.4 Å². The molecule has 0 radical (unpaired) electrons. The minimum absolute atomic E-state index is 0.354. The summed E-state index contributed by atoms with van der Waals surface area (Å²) in [7, 11) is 0. The van der Waals surface area contributed by atoms with Crippen molar-refractivity contribution in [3.05, 3.63) is 65.5 Å². The van der Waals surface area contributed by atoms with Gasteiger partial charge >= 0.3 is 6.18 Å². The number of tetrazole rings is 1. The van der Waals surface area contributed by atoms with Crippen molar-refractivity contribution in [3.8, 4) is 5.69 Å². The highest BCUT2D eigenvalue weighted by molar-refractivity contribution is 5.49. The van der Waals surface area contributed by atoms with Crippen LogP contribution in [-0.4, -0.2) is 20.2 Å². The van der Waals surface area contributed by atoms with E-state index in [1.165, 1.54) is 6.07 Å². The van der Waals surface area contributed by atoms with Gasteiger partial charge in [-0.25, -0.2) is 0 Å². The van der Waals surface area contributed by atoms with Crippen LogP contribution in [-0.2, 0) is 11.7 Å². The Morgan fingerprint density at radius 3 is 2.41 bits per heavy atom. The van der Waals surface area contributed by atoms with E-state index in [-0.39, 0.29) is 0 Å². The first-order chi connectivity index (χ1) is 12.7. The van der Waals surface area contributed by atoms with Crippen LogP contribution in [0.1, 0.15) is 37.2 Å². The number of nitrogens with zero attached hydrogens (tertiary/aromatic N) is 4. The van der Waals surface area contributed by atoms with Gasteiger partial charge < -0.3 is 5.32 Å². The van der Waals surface area contributed by atoms with Gasteiger partial charge in [-0.3, -0.25) is 0 Å². The number of alkyl halides is 3. The molecule has 1 atom stereocenters. The van der Waals surface area contributed by atoms with Crippen molar-refractivity contribution in [3.63, 3.8) is 0 Å². The molecule has 8 heteroatoms. The molecule has 1 aromatic heterocycles. The molecule has 2 aromatic carbocycles. The second-order valence-electron chi connectivity index (χ2n) is 6.64. The van der Waals surface area contributed by atoms with E-state index < -0.39 is 17.3 Å². The zero-order valence-corrected chi connectivity index (χ0v) is 15.2. The van der Waals surface area contributed by atoms with Crippen molar-refractivity contribution in [1.82, 2.24) is 20.2 Å². The Bertz CT molecular complexity index is 918. The van der Waals surface area contributed by atoms with Gasteiger partial charge in [-0.05, 0) is 61.0 Å². The summed E-state index contributed by atoms with van der Waals surface area (Å²) in [5, 5.41) is 15.2. The maximum atomic E-state index is 13.0. The molecule has 0 amide bonds. The molecule has 1 N–H and O–H groups in total. The largest absolute Gasteiger partial charge is 0.416 e. The number of aryl methyl sites for hydroxylation is 1. The monoisotopic (exact) mass is 375 g/mol. The van der Waals surface area contributed by atoms with Gasteiger partial charge in [0.25, 0.3) is 0 Å². The summed E-state index contributed by atoms with van der Waals surface area (Å²) in [6.07, 6.45) is -3.83. The van der Waals surface area contributed by atoms with Crippen LogP contribution in [0.3, 0.4) is 0 Å². The number of hydrogen-bond donors (Lipinski definition) is 1. The van der Waals surface area contributed by atoms with Gasteiger partial charge in [0, 0.05) is 5.69 Å². The second-order valence-corrected chi connectivity index (χ2v) is 6.64. The summed E-state index contributed by atoms with van der Waals surface area (Å²) in [6, 6.07) is 12.8. The van der Waals surface area contributed by atoms with Crippen LogP contribution in [0.4, 0.5) is 18.9 Å². The first kappa shape index (κ1) is 18.9. The third-order valence-electron chi connectivity index (χ3n) is 4.56. The molecule has 0 spiro atoms. The summed E-state index contributed by atoms with van der Waals surface area (Å²) in [6.45, 7) is 5.77. The van der Waals surface area contributed by atoms with Gasteiger partial charge in [-0.2, -0.15) is 17.9 Å². The lowest BCUT2D eigenvalue weighted by Crippen LogP contribution is -2.34. The molecular formula is C19H20F3N5. The lowest BCUT2D eigenvalue weighted by molar-refractivity contribution is -0.137. The molecule has 3 rings (SSSR count). The number of rotatable bonds is 5. The van der Waals surface area contributed by atoms with Crippen molar-refractivity contribution < 1.29 is 13.2 Å². The lowest BCUT2D eigenvalue weighted by atomic mass is 9.96. The first-order valence-corrected chi connectivity index (χ1v) is 8.54. The molecule has 5 nitrogen and oxygen atoms in total. The molecule has 1 heterocycles. The summed E-state index contributed by atoms with van der Waals surface area (Å²) >= 11 is 0. The van der Waals surface area contributed by atoms with E-state index in [9.17, 15) is 13.2 Å². The van der Waals surface area contributed by atoms with E-state index in [1.807, 2.05) is 45.0 Å². The Labute approximate surface area is 155 Å². The molecule has 3 aromatic rings. The highest BCUT2D eigenvalue weighted by Crippen LogP contribution is 2.33. The highest BCUT2D eigenvalue weighted by atomic mass is 19.4. The summed E-state index contributed by atoms with van der Waals surface area (Å²) in [4.78, 5) is 0. The highest BCUT2D eigenvalue weighted by Gasteiger charge is 2.34. The Hall–Kier alpha value is -2.90. The quantitative estimate of drug-likeness (QED) is 0.701. The van der Waals surface area contributed by atoms with Crippen molar-refractivity contribution in [2.75, 3.05) is 5.32 Å². The third-order valence-corrected chi connectivity index (χ3v) is 4.56. The van der Waals surface area contributed by atoms with Gasteiger partial charge in [0.1, 0.15) is 0 Å². The minimum Gasteiger partial charge on any atom is -0.373 e. The van der Waals surface area contributed by atoms with Crippen LogP contribution in [0, 0.1) is 6.92 Å². The lowest BCUT2D eigenvalue weighted by Gasteiger charge is -2.29. The number of halogens is 3. The SMILES string of the molecule is CC[C@](C)(Nc1cccc(C(F)(F)F)c1)c1nnnn1-c1ccc(C)cc1. The third kappa shape index (κ3) is 3.94. The molecular weight excluding hydrogens is 355 g/mol. The minimum atomic E-state index is -4.40. The van der Waals surface area contributed by atoms with Crippen molar-refractivity contribution in [1.29, 1.82) is 0 Å². The Morgan fingerprint density at radius 1 is 1.07 bits per heavy atom. The number of aromatic nitrogens is 4. The fourth-order valence-electron chi connectivity index (χ4n) is 2.79. The Balaban J connectivity index is 1.97. The zero-order chi connectivity index (χ0) is 19.7. The van der Waals surface area contributed by atoms with Crippen LogP contribution in [0.25, 0.3) is 5.69 Å². The first-order valence-electron chi connectivity index (χ1n) is 8.54. The predicted octanol–water partition coefficient (Wildman–Crippen LogP) is 4.73. The van der Waals surface area contributed by atoms with E-state index >= 15 is 0 Å². The second kappa shape index (κ2) is 7.02. The molecule has 0 aliphatic carbocycles. The number of benzene rings is 2. The Kier molecular flexibility index (Phi) is 4.91. The zero-order valence-electron chi connectivity index (χ0n) is 15.2. The maximum Gasteiger partial charge on any atom is 0.416 e. The molecule has 0 saturated heterocycles. The van der Waals surface area contributed by atoms with Crippen LogP contribution < -0.4 is 5.32 Å². The van der Waals surface area contributed by atoms with E-state index in [1.54, 1.807) is 10.7 Å². The van der Waals surface area contributed by atoms with Crippen molar-refractivity contribution in [2.45, 2.75) is 38.9 Å². The normalized spacial score (nSPS) is 14.0. The van der Waals surface area contributed by atoms with Crippen LogP contribution in [0.5, 0.6) is 0 Å². The molecule has 0 fully saturated rings. The van der Waals surface area contributed by atoms with E-state index in [2.05, 4.69) is 20.8 Å². The molecule has 0 saturated carbocycles. The van der Waals surface area contributed by atoms with Gasteiger partial charge in [0.2, 0.25) is 0 Å². The molecule has 0 aliphatic heterocycles.